The third-order valence-electron chi connectivity index (χ3n) is 2.32. The quantitative estimate of drug-likeness (QED) is 0.515. The van der Waals surface area contributed by atoms with Gasteiger partial charge < -0.3 is 5.11 Å². The fraction of sp³-hybridized carbons (Fsp3) is 1.00. The van der Waals surface area contributed by atoms with E-state index in [-0.39, 0.29) is 5.60 Å². The molecular formula is C7H12O3. The molecular weight excluding hydrogens is 132 g/mol. The topological polar surface area (TPSA) is 38.7 Å². The van der Waals surface area contributed by atoms with Gasteiger partial charge in [0.25, 0.3) is 0 Å². The summed E-state index contributed by atoms with van der Waals surface area (Å²) in [5.74, 6) is -0.965. The molecule has 1 N–H and O–H groups in total. The van der Waals surface area contributed by atoms with Gasteiger partial charge in [0.15, 0.2) is 0 Å². The van der Waals surface area contributed by atoms with Crippen molar-refractivity contribution in [1.82, 2.24) is 0 Å². The average Bonchev–Trinajstić information content (AvgIpc) is 2.03. The van der Waals surface area contributed by atoms with Crippen molar-refractivity contribution in [1.29, 1.82) is 0 Å². The number of hydrogen-bond donors (Lipinski definition) is 1. The van der Waals surface area contributed by atoms with E-state index in [9.17, 15) is 5.11 Å². The average molecular weight is 144 g/mol. The zero-order valence-corrected chi connectivity index (χ0v) is 6.09. The highest BCUT2D eigenvalue weighted by Crippen LogP contribution is 2.44. The van der Waals surface area contributed by atoms with Gasteiger partial charge in [-0.3, -0.25) is 0 Å². The Labute approximate surface area is 59.9 Å². The molecule has 2 unspecified atom stereocenters. The van der Waals surface area contributed by atoms with Gasteiger partial charge in [-0.15, -0.1) is 0 Å². The Bertz CT molecular complexity index is 143. The molecule has 0 radical (unpaired) electrons. The minimum Gasteiger partial charge on any atom is -0.363 e. The zero-order valence-electron chi connectivity index (χ0n) is 6.09. The van der Waals surface area contributed by atoms with Crippen LogP contribution in [0.5, 0.6) is 0 Å². The Hall–Kier alpha value is -0.120. The molecule has 0 aromatic heterocycles. The molecule has 1 heterocycles. The SMILES string of the molecule is CC12CCCC(O)(C1)OO2. The van der Waals surface area contributed by atoms with Crippen LogP contribution in [0.4, 0.5) is 0 Å². The van der Waals surface area contributed by atoms with Crippen molar-refractivity contribution >= 4 is 0 Å². The van der Waals surface area contributed by atoms with E-state index in [1.165, 1.54) is 0 Å². The van der Waals surface area contributed by atoms with Crippen LogP contribution in [0.2, 0.25) is 0 Å². The molecule has 2 bridgehead atoms. The Balaban J connectivity index is 2.20. The summed E-state index contributed by atoms with van der Waals surface area (Å²) >= 11 is 0. The molecule has 3 nitrogen and oxygen atoms in total. The fourth-order valence-corrected chi connectivity index (χ4v) is 1.82. The number of rotatable bonds is 0. The third kappa shape index (κ3) is 0.856. The van der Waals surface area contributed by atoms with Crippen LogP contribution in [0.1, 0.15) is 32.6 Å². The van der Waals surface area contributed by atoms with Gasteiger partial charge in [0.1, 0.15) is 5.60 Å². The summed E-state index contributed by atoms with van der Waals surface area (Å²) in [6.45, 7) is 1.98. The van der Waals surface area contributed by atoms with E-state index < -0.39 is 5.79 Å². The Kier molecular flexibility index (Phi) is 1.14. The minimum atomic E-state index is -0.965. The van der Waals surface area contributed by atoms with Crippen LogP contribution in [-0.4, -0.2) is 16.5 Å². The molecule has 2 aliphatic rings. The standard InChI is InChI=1S/C7H12O3/c1-6-3-2-4-7(8,5-6)10-9-6/h8H,2-5H2,1H3. The predicted octanol–water partition coefficient (Wildman–Crippen LogP) is 0.970. The second-order valence-corrected chi connectivity index (χ2v) is 3.59. The van der Waals surface area contributed by atoms with E-state index in [0.717, 1.165) is 12.8 Å². The minimum absolute atomic E-state index is 0.215. The van der Waals surface area contributed by atoms with E-state index in [0.29, 0.717) is 12.8 Å². The first-order chi connectivity index (χ1) is 4.62. The fourth-order valence-electron chi connectivity index (χ4n) is 1.82. The van der Waals surface area contributed by atoms with Gasteiger partial charge in [-0.25, -0.2) is 9.78 Å². The Morgan fingerprint density at radius 3 is 2.70 bits per heavy atom. The highest BCUT2D eigenvalue weighted by atomic mass is 17.2. The van der Waals surface area contributed by atoms with Crippen molar-refractivity contribution in [2.75, 3.05) is 0 Å². The van der Waals surface area contributed by atoms with Crippen LogP contribution in [0.15, 0.2) is 0 Å². The smallest absolute Gasteiger partial charge is 0.202 e. The molecule has 1 aliphatic heterocycles. The van der Waals surface area contributed by atoms with Crippen molar-refractivity contribution in [3.8, 4) is 0 Å². The lowest BCUT2D eigenvalue weighted by Gasteiger charge is -2.26. The monoisotopic (exact) mass is 144 g/mol. The Morgan fingerprint density at radius 1 is 1.30 bits per heavy atom. The summed E-state index contributed by atoms with van der Waals surface area (Å²) in [5, 5.41) is 9.54. The molecule has 10 heavy (non-hydrogen) atoms. The van der Waals surface area contributed by atoms with Crippen molar-refractivity contribution in [2.24, 2.45) is 0 Å². The van der Waals surface area contributed by atoms with Gasteiger partial charge in [-0.2, -0.15) is 0 Å². The van der Waals surface area contributed by atoms with Crippen LogP contribution >= 0.6 is 0 Å². The van der Waals surface area contributed by atoms with Crippen LogP contribution in [0, 0.1) is 0 Å². The van der Waals surface area contributed by atoms with Gasteiger partial charge in [0, 0.05) is 12.8 Å². The highest BCUT2D eigenvalue weighted by molar-refractivity contribution is 4.90. The highest BCUT2D eigenvalue weighted by Gasteiger charge is 2.51. The molecule has 2 rings (SSSR count). The molecule has 2 fully saturated rings. The van der Waals surface area contributed by atoms with Gasteiger partial charge in [0.05, 0.1) is 0 Å². The molecule has 1 aliphatic carbocycles. The van der Waals surface area contributed by atoms with E-state index in [2.05, 4.69) is 0 Å². The predicted molar refractivity (Wildman–Crippen MR) is 34.0 cm³/mol. The molecule has 3 heteroatoms. The van der Waals surface area contributed by atoms with E-state index in [1.807, 2.05) is 6.92 Å². The van der Waals surface area contributed by atoms with Gasteiger partial charge in [0.2, 0.25) is 5.79 Å². The maximum atomic E-state index is 9.54. The molecule has 0 amide bonds. The van der Waals surface area contributed by atoms with E-state index in [4.69, 9.17) is 9.78 Å². The summed E-state index contributed by atoms with van der Waals surface area (Å²) in [6.07, 6.45) is 3.32. The second-order valence-electron chi connectivity index (χ2n) is 3.59. The number of aliphatic hydroxyl groups is 1. The first kappa shape index (κ1) is 6.58. The van der Waals surface area contributed by atoms with Crippen molar-refractivity contribution in [3.63, 3.8) is 0 Å². The molecule has 0 aromatic rings. The number of hydrogen-bond acceptors (Lipinski definition) is 3. The van der Waals surface area contributed by atoms with Crippen LogP contribution in [-0.2, 0) is 9.78 Å². The summed E-state index contributed by atoms with van der Waals surface area (Å²) in [5.41, 5.74) is -0.215. The summed E-state index contributed by atoms with van der Waals surface area (Å²) in [4.78, 5) is 9.84. The van der Waals surface area contributed by atoms with Crippen LogP contribution in [0.25, 0.3) is 0 Å². The maximum Gasteiger partial charge on any atom is 0.202 e. The largest absolute Gasteiger partial charge is 0.363 e. The second kappa shape index (κ2) is 1.72. The van der Waals surface area contributed by atoms with Crippen molar-refractivity contribution in [3.05, 3.63) is 0 Å². The Morgan fingerprint density at radius 2 is 2.10 bits per heavy atom. The first-order valence-corrected chi connectivity index (χ1v) is 3.71. The normalized spacial score (nSPS) is 53.4. The summed E-state index contributed by atoms with van der Waals surface area (Å²) in [6, 6.07) is 0. The summed E-state index contributed by atoms with van der Waals surface area (Å²) < 4.78 is 0. The molecule has 2 atom stereocenters. The number of fused-ring (bicyclic) bond motifs is 2. The van der Waals surface area contributed by atoms with Gasteiger partial charge in [-0.1, -0.05) is 0 Å². The summed E-state index contributed by atoms with van der Waals surface area (Å²) in [7, 11) is 0. The molecule has 1 saturated heterocycles. The molecule has 58 valence electrons. The molecule has 0 spiro atoms. The lowest BCUT2D eigenvalue weighted by atomic mass is 9.83. The van der Waals surface area contributed by atoms with Crippen LogP contribution < -0.4 is 0 Å². The third-order valence-corrected chi connectivity index (χ3v) is 2.32. The van der Waals surface area contributed by atoms with Crippen molar-refractivity contribution < 1.29 is 14.9 Å². The van der Waals surface area contributed by atoms with E-state index >= 15 is 0 Å². The van der Waals surface area contributed by atoms with E-state index in [1.54, 1.807) is 0 Å². The van der Waals surface area contributed by atoms with Crippen molar-refractivity contribution in [2.45, 2.75) is 44.0 Å². The molecule has 1 saturated carbocycles. The lowest BCUT2D eigenvalue weighted by molar-refractivity contribution is -0.385. The molecule has 0 aromatic carbocycles. The lowest BCUT2D eigenvalue weighted by Crippen LogP contribution is -2.35. The maximum absolute atomic E-state index is 9.54. The van der Waals surface area contributed by atoms with Gasteiger partial charge >= 0.3 is 0 Å². The van der Waals surface area contributed by atoms with Crippen LogP contribution in [0.3, 0.4) is 0 Å². The van der Waals surface area contributed by atoms with Gasteiger partial charge in [-0.05, 0) is 19.8 Å². The zero-order chi connectivity index (χ0) is 7.24. The first-order valence-electron chi connectivity index (χ1n) is 3.71.